The van der Waals surface area contributed by atoms with Gasteiger partial charge in [0.15, 0.2) is 0 Å². The summed E-state index contributed by atoms with van der Waals surface area (Å²) in [6, 6.07) is 99.7. The van der Waals surface area contributed by atoms with E-state index in [1.54, 1.807) is 0 Å². The summed E-state index contributed by atoms with van der Waals surface area (Å²) in [7, 11) is 0. The van der Waals surface area contributed by atoms with Gasteiger partial charge in [-0.2, -0.15) is 0 Å². The number of para-hydroxylation sites is 4. The summed E-state index contributed by atoms with van der Waals surface area (Å²) >= 11 is 0. The molecule has 1 atom stereocenters. The first-order valence-corrected chi connectivity index (χ1v) is 24.4. The maximum atomic E-state index is 2.52. The largest absolute Gasteiger partial charge is 0.310 e. The molecule has 70 heavy (non-hydrogen) atoms. The molecule has 2 aliphatic carbocycles. The van der Waals surface area contributed by atoms with Gasteiger partial charge >= 0.3 is 0 Å². The van der Waals surface area contributed by atoms with Crippen LogP contribution in [-0.4, -0.2) is 4.57 Å². The Morgan fingerprint density at radius 3 is 1.53 bits per heavy atom. The van der Waals surface area contributed by atoms with Crippen LogP contribution in [0, 0.1) is 0 Å². The molecule has 0 N–H and O–H groups in total. The average Bonchev–Trinajstić information content (AvgIpc) is 4.05. The van der Waals surface area contributed by atoms with E-state index in [0.29, 0.717) is 0 Å². The van der Waals surface area contributed by atoms with Crippen LogP contribution < -0.4 is 4.90 Å². The molecule has 0 saturated carbocycles. The number of nitrogens with zero attached hydrogens (tertiary/aromatic N) is 2. The molecule has 1 aromatic heterocycles. The van der Waals surface area contributed by atoms with E-state index in [4.69, 9.17) is 0 Å². The van der Waals surface area contributed by atoms with E-state index in [-0.39, 0.29) is 0 Å². The zero-order chi connectivity index (χ0) is 46.0. The first-order chi connectivity index (χ1) is 34.7. The smallest absolute Gasteiger partial charge is 0.0754 e. The van der Waals surface area contributed by atoms with Crippen molar-refractivity contribution >= 4 is 38.9 Å². The Balaban J connectivity index is 0.935. The summed E-state index contributed by atoms with van der Waals surface area (Å²) in [6.07, 6.45) is 0. The summed E-state index contributed by atoms with van der Waals surface area (Å²) in [5.41, 5.74) is 23.9. The van der Waals surface area contributed by atoms with Crippen LogP contribution in [0.3, 0.4) is 0 Å². The highest BCUT2D eigenvalue weighted by molar-refractivity contribution is 6.13. The maximum Gasteiger partial charge on any atom is 0.0754 e. The number of rotatable bonds is 6. The highest BCUT2D eigenvalue weighted by atomic mass is 15.1. The van der Waals surface area contributed by atoms with E-state index in [9.17, 15) is 0 Å². The second-order valence-electron chi connectivity index (χ2n) is 19.1. The number of benzene rings is 11. The zero-order valence-electron chi connectivity index (χ0n) is 38.3. The molecular weight excluding hydrogens is 845 g/mol. The molecule has 0 radical (unpaired) electrons. The Labute approximate surface area is 407 Å². The van der Waals surface area contributed by atoms with Gasteiger partial charge in [-0.25, -0.2) is 0 Å². The second-order valence-corrected chi connectivity index (χ2v) is 19.1. The predicted octanol–water partition coefficient (Wildman–Crippen LogP) is 17.0. The third-order valence-electron chi connectivity index (χ3n) is 15.8. The Bertz CT molecular complexity index is 4030. The van der Waals surface area contributed by atoms with Crippen molar-refractivity contribution < 1.29 is 0 Å². The van der Waals surface area contributed by atoms with E-state index in [0.717, 1.165) is 17.1 Å². The molecule has 15 rings (SSSR count). The summed E-state index contributed by atoms with van der Waals surface area (Å²) in [4.78, 5) is 2.44. The van der Waals surface area contributed by atoms with Gasteiger partial charge in [0, 0.05) is 27.8 Å². The van der Waals surface area contributed by atoms with Gasteiger partial charge in [0.05, 0.1) is 27.6 Å². The van der Waals surface area contributed by atoms with Crippen LogP contribution in [0.15, 0.2) is 267 Å². The molecule has 3 aliphatic rings. The minimum Gasteiger partial charge on any atom is -0.310 e. The SMILES string of the molecule is c1ccc(N(c2cccc(-c3ccc4c(c3)C3(c5ccccc5-4)c4ccccc4-n4c5ccccc5c5cccc3c54)c2)c2ccc3c(c2)C(c2ccccc2)(c2ccccc2)c2ccccc2-3)cc1. The first-order valence-electron chi connectivity index (χ1n) is 24.4. The van der Waals surface area contributed by atoms with Crippen molar-refractivity contribution in [3.05, 3.63) is 311 Å². The van der Waals surface area contributed by atoms with Crippen molar-refractivity contribution in [2.45, 2.75) is 10.8 Å². The minimum absolute atomic E-state index is 0.511. The van der Waals surface area contributed by atoms with Crippen LogP contribution in [0.4, 0.5) is 17.1 Å². The third-order valence-corrected chi connectivity index (χ3v) is 15.8. The van der Waals surface area contributed by atoms with Gasteiger partial charge in [0.1, 0.15) is 0 Å². The van der Waals surface area contributed by atoms with Crippen LogP contribution in [-0.2, 0) is 10.8 Å². The summed E-state index contributed by atoms with van der Waals surface area (Å²) in [5, 5.41) is 2.57. The molecule has 2 heterocycles. The van der Waals surface area contributed by atoms with Gasteiger partial charge in [-0.05, 0) is 132 Å². The van der Waals surface area contributed by atoms with Crippen molar-refractivity contribution in [3.63, 3.8) is 0 Å². The van der Waals surface area contributed by atoms with Gasteiger partial charge in [0.2, 0.25) is 0 Å². The molecule has 2 nitrogen and oxygen atoms in total. The number of hydrogen-bond donors (Lipinski definition) is 0. The summed E-state index contributed by atoms with van der Waals surface area (Å²) in [5.74, 6) is 0. The van der Waals surface area contributed by atoms with Crippen LogP contribution >= 0.6 is 0 Å². The fraction of sp³-hybridized carbons (Fsp3) is 0.0294. The number of aromatic nitrogens is 1. The lowest BCUT2D eigenvalue weighted by Crippen LogP contribution is -2.33. The molecule has 1 spiro atoms. The van der Waals surface area contributed by atoms with E-state index >= 15 is 0 Å². The van der Waals surface area contributed by atoms with Gasteiger partial charge in [-0.3, -0.25) is 0 Å². The van der Waals surface area contributed by atoms with Gasteiger partial charge in [-0.1, -0.05) is 212 Å². The van der Waals surface area contributed by atoms with Gasteiger partial charge < -0.3 is 9.47 Å². The molecule has 12 aromatic rings. The lowest BCUT2D eigenvalue weighted by atomic mass is 9.65. The Kier molecular flexibility index (Phi) is 8.24. The molecule has 0 saturated heterocycles. The molecule has 0 bridgehead atoms. The Morgan fingerprint density at radius 1 is 0.286 bits per heavy atom. The highest BCUT2D eigenvalue weighted by Crippen LogP contribution is 2.62. The molecule has 2 heteroatoms. The lowest BCUT2D eigenvalue weighted by molar-refractivity contribution is 0.749. The Morgan fingerprint density at radius 2 is 0.786 bits per heavy atom. The zero-order valence-corrected chi connectivity index (χ0v) is 38.3. The quantitative estimate of drug-likeness (QED) is 0.161. The van der Waals surface area contributed by atoms with Crippen LogP contribution in [0.2, 0.25) is 0 Å². The molecule has 0 amide bonds. The van der Waals surface area contributed by atoms with Crippen molar-refractivity contribution in [2.24, 2.45) is 0 Å². The Hall–Kier alpha value is -8.98. The number of hydrogen-bond acceptors (Lipinski definition) is 1. The predicted molar refractivity (Wildman–Crippen MR) is 289 cm³/mol. The number of fused-ring (bicyclic) bond motifs is 15. The second kappa shape index (κ2) is 14.8. The fourth-order valence-electron chi connectivity index (χ4n) is 13.2. The van der Waals surface area contributed by atoms with E-state index in [2.05, 4.69) is 276 Å². The monoisotopic (exact) mass is 888 g/mol. The van der Waals surface area contributed by atoms with Gasteiger partial charge in [-0.15, -0.1) is 0 Å². The summed E-state index contributed by atoms with van der Waals surface area (Å²) < 4.78 is 2.52. The van der Waals surface area contributed by atoms with Crippen molar-refractivity contribution in [1.29, 1.82) is 0 Å². The maximum absolute atomic E-state index is 2.52. The van der Waals surface area contributed by atoms with E-state index < -0.39 is 10.8 Å². The van der Waals surface area contributed by atoms with Crippen molar-refractivity contribution in [2.75, 3.05) is 4.90 Å². The normalized spacial score (nSPS) is 15.3. The van der Waals surface area contributed by atoms with Crippen LogP contribution in [0.5, 0.6) is 0 Å². The van der Waals surface area contributed by atoms with E-state index in [1.807, 2.05) is 0 Å². The topological polar surface area (TPSA) is 8.17 Å². The first kappa shape index (κ1) is 39.1. The molecule has 1 unspecified atom stereocenters. The van der Waals surface area contributed by atoms with Crippen molar-refractivity contribution in [1.82, 2.24) is 4.57 Å². The van der Waals surface area contributed by atoms with Crippen molar-refractivity contribution in [3.8, 4) is 39.1 Å². The lowest BCUT2D eigenvalue weighted by Gasteiger charge is -2.39. The standard InChI is InChI=1S/C68H44N2/c1-4-21-47(22-5-1)67(48-23-6-2-7-24-48)58-32-13-10-28-52(58)55-41-39-51(44-63(55)67)69(49-25-8-3-9-26-49)50-27-18-20-45(42-50)46-38-40-54-53-29-11-14-33-59(53)68(62(54)43-46)60-34-15-17-37-65(60)70-64-36-16-12-30-56(64)57-31-19-35-61(68)66(57)70/h1-44H. The van der Waals surface area contributed by atoms with Gasteiger partial charge in [0.25, 0.3) is 0 Å². The van der Waals surface area contributed by atoms with Crippen LogP contribution in [0.1, 0.15) is 44.5 Å². The average molecular weight is 889 g/mol. The number of anilines is 3. The molecule has 11 aromatic carbocycles. The molecular formula is C68H44N2. The molecule has 0 fully saturated rings. The minimum atomic E-state index is -0.526. The molecule has 326 valence electrons. The van der Waals surface area contributed by atoms with E-state index in [1.165, 1.54) is 105 Å². The molecule has 1 aliphatic heterocycles. The third kappa shape index (κ3) is 5.12. The van der Waals surface area contributed by atoms with Crippen LogP contribution in [0.25, 0.3) is 60.9 Å². The fourth-order valence-corrected chi connectivity index (χ4v) is 13.2. The summed E-state index contributed by atoms with van der Waals surface area (Å²) in [6.45, 7) is 0. The highest BCUT2D eigenvalue weighted by Gasteiger charge is 2.51.